The predicted octanol–water partition coefficient (Wildman–Crippen LogP) is 1.28. The molecule has 5 N–H and O–H groups in total. The largest absolute Gasteiger partial charge is 0.361 e. The highest BCUT2D eigenvalue weighted by atomic mass is 35.5. The molecule has 2 unspecified atom stereocenters. The van der Waals surface area contributed by atoms with Gasteiger partial charge in [-0.2, -0.15) is 0 Å². The first-order valence-electron chi connectivity index (χ1n) is 10.7. The van der Waals surface area contributed by atoms with Crippen LogP contribution in [0.2, 0.25) is 5.02 Å². The molecule has 1 aromatic heterocycles. The average Bonchev–Trinajstić information content (AvgIpc) is 3.25. The number of benzene rings is 2. The number of piperazine rings is 1. The molecule has 4 rings (SSSR count). The third kappa shape index (κ3) is 4.95. The van der Waals surface area contributed by atoms with Crippen LogP contribution in [-0.2, 0) is 25.7 Å². The monoisotopic (exact) mass is 481 g/mol. The van der Waals surface area contributed by atoms with Crippen LogP contribution in [0.4, 0.5) is 0 Å². The van der Waals surface area contributed by atoms with Crippen molar-refractivity contribution in [2.75, 3.05) is 19.6 Å². The second-order valence-corrected chi connectivity index (χ2v) is 8.50. The van der Waals surface area contributed by atoms with Crippen LogP contribution in [0.3, 0.4) is 0 Å². The number of H-pyrrole nitrogens is 1. The van der Waals surface area contributed by atoms with E-state index in [-0.39, 0.29) is 25.5 Å². The molecule has 0 radical (unpaired) electrons. The molecule has 176 valence electrons. The Labute approximate surface area is 200 Å². The first-order chi connectivity index (χ1) is 16.3. The molecule has 0 aliphatic carbocycles. The topological polar surface area (TPSA) is 137 Å². The van der Waals surface area contributed by atoms with Crippen LogP contribution in [0, 0.1) is 5.92 Å². The quantitative estimate of drug-likeness (QED) is 0.359. The van der Waals surface area contributed by atoms with Gasteiger partial charge >= 0.3 is 0 Å². The summed E-state index contributed by atoms with van der Waals surface area (Å²) in [7, 11) is 0. The predicted molar refractivity (Wildman–Crippen MR) is 127 cm³/mol. The van der Waals surface area contributed by atoms with Crippen LogP contribution in [-0.4, -0.2) is 53.0 Å². The SMILES string of the molecule is NC(c1c[nH]c2ccccc12)C(C(=O)CN1CC(=O)NCC1=O)C(=O)NCc1ccccc1Cl. The van der Waals surface area contributed by atoms with Crippen molar-refractivity contribution in [1.29, 1.82) is 0 Å². The zero-order valence-corrected chi connectivity index (χ0v) is 19.0. The molecule has 34 heavy (non-hydrogen) atoms. The molecule has 9 nitrogen and oxygen atoms in total. The van der Waals surface area contributed by atoms with E-state index in [0.29, 0.717) is 16.1 Å². The number of rotatable bonds is 8. The fourth-order valence-corrected chi connectivity index (χ4v) is 4.23. The van der Waals surface area contributed by atoms with Crippen LogP contribution in [0.1, 0.15) is 17.2 Å². The number of Topliss-reactive ketones (excluding diaryl/α,β-unsaturated/α-hetero) is 1. The summed E-state index contributed by atoms with van der Waals surface area (Å²) in [6, 6.07) is 13.5. The minimum Gasteiger partial charge on any atom is -0.361 e. The summed E-state index contributed by atoms with van der Waals surface area (Å²) in [4.78, 5) is 54.8. The van der Waals surface area contributed by atoms with Gasteiger partial charge < -0.3 is 26.3 Å². The van der Waals surface area contributed by atoms with Crippen LogP contribution in [0.15, 0.2) is 54.7 Å². The highest BCUT2D eigenvalue weighted by Gasteiger charge is 2.37. The molecule has 0 bridgehead atoms. The lowest BCUT2D eigenvalue weighted by molar-refractivity contribution is -0.145. The molecule has 10 heteroatoms. The van der Waals surface area contributed by atoms with Gasteiger partial charge in [0.15, 0.2) is 5.78 Å². The van der Waals surface area contributed by atoms with Gasteiger partial charge in [0.1, 0.15) is 12.5 Å². The first-order valence-corrected chi connectivity index (χ1v) is 11.1. The van der Waals surface area contributed by atoms with Gasteiger partial charge in [-0.05, 0) is 23.3 Å². The van der Waals surface area contributed by atoms with Crippen molar-refractivity contribution >= 4 is 46.0 Å². The van der Waals surface area contributed by atoms with E-state index in [1.807, 2.05) is 24.3 Å². The summed E-state index contributed by atoms with van der Waals surface area (Å²) in [6.45, 7) is -0.731. The highest BCUT2D eigenvalue weighted by Crippen LogP contribution is 2.28. The molecule has 1 saturated heterocycles. The smallest absolute Gasteiger partial charge is 0.242 e. The minimum absolute atomic E-state index is 0.105. The van der Waals surface area contributed by atoms with Gasteiger partial charge in [-0.3, -0.25) is 19.2 Å². The molecule has 1 aliphatic rings. The minimum atomic E-state index is -1.29. The van der Waals surface area contributed by atoms with E-state index in [2.05, 4.69) is 15.6 Å². The van der Waals surface area contributed by atoms with E-state index in [1.165, 1.54) is 0 Å². The highest BCUT2D eigenvalue weighted by molar-refractivity contribution is 6.31. The maximum Gasteiger partial charge on any atom is 0.242 e. The lowest BCUT2D eigenvalue weighted by Gasteiger charge is -2.29. The lowest BCUT2D eigenvalue weighted by Crippen LogP contribution is -2.54. The van der Waals surface area contributed by atoms with Crippen molar-refractivity contribution in [3.63, 3.8) is 0 Å². The van der Waals surface area contributed by atoms with E-state index in [1.54, 1.807) is 30.5 Å². The molecule has 3 aromatic rings. The van der Waals surface area contributed by atoms with Crippen molar-refractivity contribution < 1.29 is 19.2 Å². The van der Waals surface area contributed by atoms with Gasteiger partial charge in [0.25, 0.3) is 0 Å². The van der Waals surface area contributed by atoms with Gasteiger partial charge in [0.05, 0.1) is 19.1 Å². The zero-order valence-electron chi connectivity index (χ0n) is 18.2. The Bertz CT molecular complexity index is 1260. The fraction of sp³-hybridized carbons (Fsp3) is 0.250. The summed E-state index contributed by atoms with van der Waals surface area (Å²) >= 11 is 6.19. The second kappa shape index (κ2) is 10.1. The van der Waals surface area contributed by atoms with Gasteiger partial charge in [-0.15, -0.1) is 0 Å². The fourth-order valence-electron chi connectivity index (χ4n) is 4.03. The summed E-state index contributed by atoms with van der Waals surface area (Å²) < 4.78 is 0. The molecule has 0 saturated carbocycles. The van der Waals surface area contributed by atoms with Crippen LogP contribution < -0.4 is 16.4 Å². The number of ketones is 1. The van der Waals surface area contributed by atoms with Crippen molar-refractivity contribution in [2.24, 2.45) is 11.7 Å². The van der Waals surface area contributed by atoms with E-state index >= 15 is 0 Å². The Morgan fingerprint density at radius 3 is 2.65 bits per heavy atom. The maximum atomic E-state index is 13.4. The number of halogens is 1. The summed E-state index contributed by atoms with van der Waals surface area (Å²) in [6.07, 6.45) is 1.68. The third-order valence-electron chi connectivity index (χ3n) is 5.85. The van der Waals surface area contributed by atoms with Crippen LogP contribution >= 0.6 is 11.6 Å². The number of nitrogens with zero attached hydrogens (tertiary/aromatic N) is 1. The average molecular weight is 482 g/mol. The molecule has 2 heterocycles. The Morgan fingerprint density at radius 2 is 1.85 bits per heavy atom. The second-order valence-electron chi connectivity index (χ2n) is 8.10. The molecule has 2 aromatic carbocycles. The van der Waals surface area contributed by atoms with Gasteiger partial charge in [-0.1, -0.05) is 48.0 Å². The van der Waals surface area contributed by atoms with E-state index < -0.39 is 36.1 Å². The Kier molecular flexibility index (Phi) is 6.95. The number of hydrogen-bond donors (Lipinski definition) is 4. The number of fused-ring (bicyclic) bond motifs is 1. The van der Waals surface area contributed by atoms with Crippen LogP contribution in [0.25, 0.3) is 10.9 Å². The van der Waals surface area contributed by atoms with E-state index in [0.717, 1.165) is 15.8 Å². The molecule has 0 spiro atoms. The van der Waals surface area contributed by atoms with Crippen molar-refractivity contribution in [3.8, 4) is 0 Å². The van der Waals surface area contributed by atoms with Gasteiger partial charge in [0.2, 0.25) is 17.7 Å². The molecule has 1 fully saturated rings. The zero-order chi connectivity index (χ0) is 24.2. The van der Waals surface area contributed by atoms with Crippen molar-refractivity contribution in [2.45, 2.75) is 12.6 Å². The van der Waals surface area contributed by atoms with Crippen LogP contribution in [0.5, 0.6) is 0 Å². The number of para-hydroxylation sites is 1. The molecule has 2 atom stereocenters. The Hall–Kier alpha value is -3.69. The Morgan fingerprint density at radius 1 is 1.12 bits per heavy atom. The summed E-state index contributed by atoms with van der Waals surface area (Å²) in [5, 5.41) is 6.46. The number of carbonyl (C=O) groups is 4. The number of nitrogens with two attached hydrogens (primary N) is 1. The molecule has 3 amide bonds. The number of carbonyl (C=O) groups excluding carboxylic acids is 4. The standard InChI is InChI=1S/C24H24ClN5O4/c25-17-7-3-1-5-14(17)9-29-24(34)22(19(31)12-30-13-20(32)28-11-21(30)33)23(26)16-10-27-18-8-4-2-6-15(16)18/h1-8,10,22-23,27H,9,11-13,26H2,(H,28,32)(H,29,34). The summed E-state index contributed by atoms with van der Waals surface area (Å²) in [5.41, 5.74) is 8.61. The lowest BCUT2D eigenvalue weighted by atomic mass is 9.88. The number of aromatic nitrogens is 1. The number of nitrogens with one attached hydrogen (secondary N) is 3. The van der Waals surface area contributed by atoms with Gasteiger partial charge in [-0.25, -0.2) is 0 Å². The maximum absolute atomic E-state index is 13.4. The third-order valence-corrected chi connectivity index (χ3v) is 6.22. The normalized spacial score (nSPS) is 15.6. The van der Waals surface area contributed by atoms with Gasteiger partial charge in [0, 0.05) is 28.7 Å². The number of hydrogen-bond acceptors (Lipinski definition) is 5. The van der Waals surface area contributed by atoms with E-state index in [4.69, 9.17) is 17.3 Å². The number of aromatic amines is 1. The van der Waals surface area contributed by atoms with Crippen molar-refractivity contribution in [3.05, 3.63) is 70.9 Å². The molecule has 1 aliphatic heterocycles. The van der Waals surface area contributed by atoms with Crippen molar-refractivity contribution in [1.82, 2.24) is 20.5 Å². The Balaban J connectivity index is 1.60. The first kappa shape index (κ1) is 23.5. The molecular weight excluding hydrogens is 458 g/mol. The summed E-state index contributed by atoms with van der Waals surface area (Å²) in [5.74, 6) is -3.20. The number of amides is 3. The van der Waals surface area contributed by atoms with E-state index in [9.17, 15) is 19.2 Å². The molecular formula is C24H24ClN5O4.